The Labute approximate surface area is 115 Å². The molecule has 0 bridgehead atoms. The third-order valence-corrected chi connectivity index (χ3v) is 2.81. The van der Waals surface area contributed by atoms with Crippen molar-refractivity contribution in [1.29, 1.82) is 0 Å². The quantitative estimate of drug-likeness (QED) is 0.914. The van der Waals surface area contributed by atoms with Crippen LogP contribution in [0.15, 0.2) is 42.5 Å². The van der Waals surface area contributed by atoms with Gasteiger partial charge in [0.05, 0.1) is 7.11 Å². The van der Waals surface area contributed by atoms with E-state index < -0.39 is 17.7 Å². The first kappa shape index (κ1) is 14.3. The number of aliphatic hydroxyl groups is 1. The van der Waals surface area contributed by atoms with Crippen LogP contribution < -0.4 is 9.47 Å². The lowest BCUT2D eigenvalue weighted by atomic mass is 10.1. The minimum Gasteiger partial charge on any atom is -0.497 e. The molecule has 0 aliphatic carbocycles. The molecule has 5 heteroatoms. The number of rotatable bonds is 5. The number of benzene rings is 2. The predicted octanol–water partition coefficient (Wildman–Crippen LogP) is 3.09. The SMILES string of the molecule is COc1ccc(OCC(O)c2cccc(F)c2F)cc1. The number of aliphatic hydroxyl groups excluding tert-OH is 1. The maximum absolute atomic E-state index is 13.5. The highest BCUT2D eigenvalue weighted by Gasteiger charge is 2.16. The summed E-state index contributed by atoms with van der Waals surface area (Å²) < 4.78 is 36.8. The molecule has 0 radical (unpaired) electrons. The number of hydrogen-bond donors (Lipinski definition) is 1. The van der Waals surface area contributed by atoms with Crippen LogP contribution in [-0.2, 0) is 0 Å². The van der Waals surface area contributed by atoms with Gasteiger partial charge in [0.15, 0.2) is 11.6 Å². The molecule has 0 aliphatic rings. The third kappa shape index (κ3) is 3.24. The van der Waals surface area contributed by atoms with Crippen molar-refractivity contribution >= 4 is 0 Å². The predicted molar refractivity (Wildman–Crippen MR) is 69.8 cm³/mol. The fourth-order valence-electron chi connectivity index (χ4n) is 1.71. The van der Waals surface area contributed by atoms with Crippen LogP contribution in [0.3, 0.4) is 0 Å². The molecule has 0 amide bonds. The zero-order valence-electron chi connectivity index (χ0n) is 10.8. The Morgan fingerprint density at radius 1 is 1.05 bits per heavy atom. The average molecular weight is 280 g/mol. The van der Waals surface area contributed by atoms with Crippen molar-refractivity contribution in [2.24, 2.45) is 0 Å². The molecule has 0 spiro atoms. The highest BCUT2D eigenvalue weighted by atomic mass is 19.2. The molecule has 0 fully saturated rings. The van der Waals surface area contributed by atoms with Crippen molar-refractivity contribution in [2.45, 2.75) is 6.10 Å². The monoisotopic (exact) mass is 280 g/mol. The Hall–Kier alpha value is -2.14. The Kier molecular flexibility index (Phi) is 4.53. The maximum atomic E-state index is 13.5. The molecule has 0 aliphatic heterocycles. The van der Waals surface area contributed by atoms with Gasteiger partial charge in [0, 0.05) is 5.56 Å². The minimum absolute atomic E-state index is 0.126. The summed E-state index contributed by atoms with van der Waals surface area (Å²) in [4.78, 5) is 0. The first-order valence-corrected chi connectivity index (χ1v) is 6.00. The second-order valence-corrected chi connectivity index (χ2v) is 4.15. The fourth-order valence-corrected chi connectivity index (χ4v) is 1.71. The molecule has 1 unspecified atom stereocenters. The minimum atomic E-state index is -1.24. The van der Waals surface area contributed by atoms with Crippen molar-refractivity contribution < 1.29 is 23.4 Å². The summed E-state index contributed by atoms with van der Waals surface area (Å²) in [6, 6.07) is 10.4. The van der Waals surface area contributed by atoms with Crippen molar-refractivity contribution in [3.63, 3.8) is 0 Å². The lowest BCUT2D eigenvalue weighted by Crippen LogP contribution is -2.12. The molecule has 0 saturated carbocycles. The average Bonchev–Trinajstić information content (AvgIpc) is 2.48. The van der Waals surface area contributed by atoms with Gasteiger partial charge in [-0.1, -0.05) is 12.1 Å². The first-order valence-electron chi connectivity index (χ1n) is 6.00. The Morgan fingerprint density at radius 2 is 1.70 bits per heavy atom. The molecule has 3 nitrogen and oxygen atoms in total. The maximum Gasteiger partial charge on any atom is 0.164 e. The molecule has 106 valence electrons. The highest BCUT2D eigenvalue weighted by molar-refractivity contribution is 5.31. The summed E-state index contributed by atoms with van der Waals surface area (Å²) in [7, 11) is 1.55. The molecule has 2 aromatic carbocycles. The van der Waals surface area contributed by atoms with Gasteiger partial charge in [-0.2, -0.15) is 0 Å². The van der Waals surface area contributed by atoms with Crippen molar-refractivity contribution in [3.05, 3.63) is 59.7 Å². The summed E-state index contributed by atoms with van der Waals surface area (Å²) in [6.07, 6.45) is -1.24. The van der Waals surface area contributed by atoms with Gasteiger partial charge in [-0.3, -0.25) is 0 Å². The van der Waals surface area contributed by atoms with E-state index in [9.17, 15) is 13.9 Å². The number of methoxy groups -OCH3 is 1. The zero-order chi connectivity index (χ0) is 14.5. The van der Waals surface area contributed by atoms with E-state index >= 15 is 0 Å². The molecule has 2 rings (SSSR count). The normalized spacial score (nSPS) is 12.0. The highest BCUT2D eigenvalue weighted by Crippen LogP contribution is 2.22. The second kappa shape index (κ2) is 6.34. The lowest BCUT2D eigenvalue weighted by molar-refractivity contribution is 0.104. The molecule has 0 heterocycles. The van der Waals surface area contributed by atoms with Gasteiger partial charge in [-0.25, -0.2) is 8.78 Å². The smallest absolute Gasteiger partial charge is 0.164 e. The van der Waals surface area contributed by atoms with E-state index in [2.05, 4.69) is 0 Å². The van der Waals surface area contributed by atoms with Gasteiger partial charge >= 0.3 is 0 Å². The van der Waals surface area contributed by atoms with E-state index in [4.69, 9.17) is 9.47 Å². The van der Waals surface area contributed by atoms with Gasteiger partial charge in [0.1, 0.15) is 24.2 Å². The van der Waals surface area contributed by atoms with E-state index in [0.717, 1.165) is 6.07 Å². The Bertz CT molecular complexity index is 570. The van der Waals surface area contributed by atoms with Crippen LogP contribution in [0.1, 0.15) is 11.7 Å². The third-order valence-electron chi connectivity index (χ3n) is 2.81. The van der Waals surface area contributed by atoms with Gasteiger partial charge in [0.2, 0.25) is 0 Å². The topological polar surface area (TPSA) is 38.7 Å². The molecule has 20 heavy (non-hydrogen) atoms. The van der Waals surface area contributed by atoms with Crippen LogP contribution in [0.4, 0.5) is 8.78 Å². The van der Waals surface area contributed by atoms with Crippen molar-refractivity contribution in [3.8, 4) is 11.5 Å². The largest absolute Gasteiger partial charge is 0.497 e. The standard InChI is InChI=1S/C15H14F2O3/c1-19-10-5-7-11(8-6-10)20-9-14(18)12-3-2-4-13(16)15(12)17/h2-8,14,18H,9H2,1H3. The fraction of sp³-hybridized carbons (Fsp3) is 0.200. The molecule has 0 aromatic heterocycles. The van der Waals surface area contributed by atoms with Crippen LogP contribution in [0.25, 0.3) is 0 Å². The van der Waals surface area contributed by atoms with Gasteiger partial charge in [-0.05, 0) is 30.3 Å². The first-order chi connectivity index (χ1) is 9.61. The van der Waals surface area contributed by atoms with Gasteiger partial charge < -0.3 is 14.6 Å². The summed E-state index contributed by atoms with van der Waals surface area (Å²) >= 11 is 0. The lowest BCUT2D eigenvalue weighted by Gasteiger charge is -2.13. The van der Waals surface area contributed by atoms with E-state index in [0.29, 0.717) is 11.5 Å². The summed E-state index contributed by atoms with van der Waals surface area (Å²) in [5, 5.41) is 9.83. The van der Waals surface area contributed by atoms with Crippen LogP contribution >= 0.6 is 0 Å². The van der Waals surface area contributed by atoms with Crippen LogP contribution in [0.2, 0.25) is 0 Å². The van der Waals surface area contributed by atoms with Gasteiger partial charge in [-0.15, -0.1) is 0 Å². The van der Waals surface area contributed by atoms with Crippen LogP contribution in [0, 0.1) is 11.6 Å². The van der Waals surface area contributed by atoms with E-state index in [-0.39, 0.29) is 12.2 Å². The summed E-state index contributed by atoms with van der Waals surface area (Å²) in [6.45, 7) is -0.174. The number of ether oxygens (including phenoxy) is 2. The van der Waals surface area contributed by atoms with Crippen LogP contribution in [0.5, 0.6) is 11.5 Å². The van der Waals surface area contributed by atoms with Crippen LogP contribution in [-0.4, -0.2) is 18.8 Å². The Balaban J connectivity index is 2.00. The number of hydrogen-bond acceptors (Lipinski definition) is 3. The van der Waals surface area contributed by atoms with Crippen molar-refractivity contribution in [1.82, 2.24) is 0 Å². The number of halogens is 2. The summed E-state index contributed by atoms with van der Waals surface area (Å²) in [5.41, 5.74) is -0.126. The van der Waals surface area contributed by atoms with E-state index in [1.807, 2.05) is 0 Å². The molecule has 2 aromatic rings. The Morgan fingerprint density at radius 3 is 2.35 bits per heavy atom. The van der Waals surface area contributed by atoms with E-state index in [1.165, 1.54) is 12.1 Å². The second-order valence-electron chi connectivity index (χ2n) is 4.15. The molecular formula is C15H14F2O3. The van der Waals surface area contributed by atoms with E-state index in [1.54, 1.807) is 31.4 Å². The van der Waals surface area contributed by atoms with Crippen molar-refractivity contribution in [2.75, 3.05) is 13.7 Å². The molecule has 0 saturated heterocycles. The van der Waals surface area contributed by atoms with Gasteiger partial charge in [0.25, 0.3) is 0 Å². The molecule has 1 atom stereocenters. The summed E-state index contributed by atoms with van der Waals surface area (Å²) in [5.74, 6) is -0.875. The zero-order valence-corrected chi connectivity index (χ0v) is 10.8. The molecular weight excluding hydrogens is 266 g/mol. The molecule has 1 N–H and O–H groups in total.